The topological polar surface area (TPSA) is 69.7 Å². The van der Waals surface area contributed by atoms with Crippen molar-refractivity contribution in [2.24, 2.45) is 0 Å². The van der Waals surface area contributed by atoms with Crippen molar-refractivity contribution < 1.29 is 13.2 Å². The van der Waals surface area contributed by atoms with Gasteiger partial charge in [0, 0.05) is 37.8 Å². The molecule has 1 atom stereocenters. The number of benzene rings is 1. The first-order chi connectivity index (χ1) is 11.9. The fraction of sp³-hybridized carbons (Fsp3) is 0.611. The van der Waals surface area contributed by atoms with Crippen LogP contribution in [0, 0.1) is 6.92 Å². The molecular formula is C18H30ClN3O3S. The van der Waals surface area contributed by atoms with Gasteiger partial charge in [-0.3, -0.25) is 4.79 Å². The fourth-order valence-electron chi connectivity index (χ4n) is 3.41. The second kappa shape index (κ2) is 9.69. The number of amides is 1. The lowest BCUT2D eigenvalue weighted by Gasteiger charge is -2.26. The molecule has 0 saturated carbocycles. The summed E-state index contributed by atoms with van der Waals surface area (Å²) < 4.78 is 26.9. The number of likely N-dealkylation sites (tertiary alicyclic amines) is 1. The van der Waals surface area contributed by atoms with Gasteiger partial charge in [-0.15, -0.1) is 12.4 Å². The van der Waals surface area contributed by atoms with Crippen molar-refractivity contribution in [3.8, 4) is 0 Å². The molecule has 6 nitrogen and oxygen atoms in total. The number of nitrogens with one attached hydrogen (secondary N) is 1. The van der Waals surface area contributed by atoms with Crippen LogP contribution in [0.25, 0.3) is 0 Å². The third kappa shape index (κ3) is 4.57. The molecule has 1 heterocycles. The number of hydrogen-bond donors (Lipinski definition) is 1. The molecule has 2 rings (SSSR count). The molecule has 1 aliphatic heterocycles. The summed E-state index contributed by atoms with van der Waals surface area (Å²) in [6.45, 7) is 7.77. The molecule has 1 amide bonds. The van der Waals surface area contributed by atoms with Gasteiger partial charge in [0.1, 0.15) is 0 Å². The van der Waals surface area contributed by atoms with E-state index in [9.17, 15) is 13.2 Å². The zero-order valence-electron chi connectivity index (χ0n) is 16.0. The van der Waals surface area contributed by atoms with E-state index < -0.39 is 10.0 Å². The Labute approximate surface area is 163 Å². The Bertz CT molecular complexity index is 720. The number of carbonyl (C=O) groups is 1. The van der Waals surface area contributed by atoms with Gasteiger partial charge < -0.3 is 10.2 Å². The Hall–Kier alpha value is -1.15. The lowest BCUT2D eigenvalue weighted by atomic mass is 10.1. The van der Waals surface area contributed by atoms with Crippen LogP contribution < -0.4 is 5.32 Å². The molecule has 8 heteroatoms. The molecule has 0 aliphatic carbocycles. The van der Waals surface area contributed by atoms with Gasteiger partial charge in [-0.1, -0.05) is 19.9 Å². The number of hydrogen-bond acceptors (Lipinski definition) is 4. The first-order valence-corrected chi connectivity index (χ1v) is 10.4. The number of halogens is 1. The van der Waals surface area contributed by atoms with Crippen LogP contribution in [-0.4, -0.2) is 62.8 Å². The molecule has 148 valence electrons. The summed E-state index contributed by atoms with van der Waals surface area (Å²) in [4.78, 5) is 15.1. The summed E-state index contributed by atoms with van der Waals surface area (Å²) in [5, 5.41) is 3.13. The summed E-state index contributed by atoms with van der Waals surface area (Å²) in [6, 6.07) is 5.03. The van der Waals surface area contributed by atoms with Gasteiger partial charge >= 0.3 is 0 Å². The van der Waals surface area contributed by atoms with Gasteiger partial charge in [-0.2, -0.15) is 4.31 Å². The van der Waals surface area contributed by atoms with E-state index in [2.05, 4.69) is 5.32 Å². The first-order valence-electron chi connectivity index (χ1n) is 8.93. The number of aryl methyl sites for hydroxylation is 1. The predicted molar refractivity (Wildman–Crippen MR) is 107 cm³/mol. The van der Waals surface area contributed by atoms with Crippen molar-refractivity contribution in [2.45, 2.75) is 44.6 Å². The molecular weight excluding hydrogens is 374 g/mol. The van der Waals surface area contributed by atoms with E-state index in [0.717, 1.165) is 31.5 Å². The highest BCUT2D eigenvalue weighted by molar-refractivity contribution is 7.89. The van der Waals surface area contributed by atoms with Crippen LogP contribution in [0.1, 0.15) is 42.6 Å². The third-order valence-electron chi connectivity index (χ3n) is 4.86. The number of sulfonamides is 1. The van der Waals surface area contributed by atoms with Gasteiger partial charge in [-0.05, 0) is 44.5 Å². The minimum atomic E-state index is -3.57. The molecule has 0 radical (unpaired) electrons. The van der Waals surface area contributed by atoms with Crippen LogP contribution in [0.3, 0.4) is 0 Å². The zero-order valence-corrected chi connectivity index (χ0v) is 17.6. The Morgan fingerprint density at radius 1 is 1.31 bits per heavy atom. The van der Waals surface area contributed by atoms with Crippen molar-refractivity contribution in [3.63, 3.8) is 0 Å². The molecule has 1 unspecified atom stereocenters. The van der Waals surface area contributed by atoms with Crippen molar-refractivity contribution in [1.29, 1.82) is 0 Å². The zero-order chi connectivity index (χ0) is 18.6. The van der Waals surface area contributed by atoms with E-state index >= 15 is 0 Å². The molecule has 0 bridgehead atoms. The Morgan fingerprint density at radius 3 is 2.54 bits per heavy atom. The number of likely N-dealkylation sites (N-methyl/N-ethyl adjacent to an activating group) is 1. The molecule has 1 aromatic rings. The minimum absolute atomic E-state index is 0. The average Bonchev–Trinajstić information content (AvgIpc) is 3.04. The predicted octanol–water partition coefficient (Wildman–Crippen LogP) is 2.27. The number of rotatable bonds is 7. The van der Waals surface area contributed by atoms with Crippen molar-refractivity contribution in [1.82, 2.24) is 14.5 Å². The highest BCUT2D eigenvalue weighted by Crippen LogP contribution is 2.24. The fourth-order valence-corrected chi connectivity index (χ4v) is 4.89. The highest BCUT2D eigenvalue weighted by Gasteiger charge is 2.31. The summed E-state index contributed by atoms with van der Waals surface area (Å²) in [5.41, 5.74) is 1.29. The monoisotopic (exact) mass is 403 g/mol. The molecule has 1 N–H and O–H groups in total. The van der Waals surface area contributed by atoms with E-state index in [1.807, 2.05) is 32.7 Å². The Morgan fingerprint density at radius 2 is 1.96 bits per heavy atom. The van der Waals surface area contributed by atoms with Crippen LogP contribution in [0.5, 0.6) is 0 Å². The van der Waals surface area contributed by atoms with Gasteiger partial charge in [0.05, 0.1) is 4.90 Å². The summed E-state index contributed by atoms with van der Waals surface area (Å²) in [6.07, 6.45) is 1.96. The molecule has 1 aliphatic rings. The quantitative estimate of drug-likeness (QED) is 0.758. The van der Waals surface area contributed by atoms with Crippen LogP contribution in [-0.2, 0) is 10.0 Å². The maximum absolute atomic E-state index is 13.0. The maximum Gasteiger partial charge on any atom is 0.254 e. The van der Waals surface area contributed by atoms with Crippen LogP contribution in [0.4, 0.5) is 0 Å². The lowest BCUT2D eigenvalue weighted by Crippen LogP contribution is -2.41. The average molecular weight is 404 g/mol. The standard InChI is InChI=1S/C18H29N3O3S.ClH/c1-5-20(6-2)25(23,24)16-10-9-14(3)17(12-16)18(22)21-11-7-8-15(21)13-19-4;/h9-10,12,15,19H,5-8,11,13H2,1-4H3;1H. The summed E-state index contributed by atoms with van der Waals surface area (Å²) in [7, 11) is -1.69. The number of carbonyl (C=O) groups excluding carboxylic acids is 1. The summed E-state index contributed by atoms with van der Waals surface area (Å²) >= 11 is 0. The van der Waals surface area contributed by atoms with E-state index in [4.69, 9.17) is 0 Å². The van der Waals surface area contributed by atoms with Crippen LogP contribution in [0.15, 0.2) is 23.1 Å². The molecule has 0 aromatic heterocycles. The van der Waals surface area contributed by atoms with Crippen molar-refractivity contribution in [2.75, 3.05) is 33.2 Å². The molecule has 26 heavy (non-hydrogen) atoms. The Kier molecular flexibility index (Phi) is 8.53. The smallest absolute Gasteiger partial charge is 0.254 e. The van der Waals surface area contributed by atoms with Gasteiger partial charge in [0.15, 0.2) is 0 Å². The second-order valence-electron chi connectivity index (χ2n) is 6.42. The van der Waals surface area contributed by atoms with E-state index in [0.29, 0.717) is 18.7 Å². The normalized spacial score (nSPS) is 17.4. The van der Waals surface area contributed by atoms with Gasteiger partial charge in [-0.25, -0.2) is 8.42 Å². The largest absolute Gasteiger partial charge is 0.334 e. The highest BCUT2D eigenvalue weighted by atomic mass is 35.5. The third-order valence-corrected chi connectivity index (χ3v) is 6.91. The van der Waals surface area contributed by atoms with Crippen molar-refractivity contribution >= 4 is 28.3 Å². The molecule has 1 saturated heterocycles. The van der Waals surface area contributed by atoms with Crippen LogP contribution >= 0.6 is 12.4 Å². The maximum atomic E-state index is 13.0. The second-order valence-corrected chi connectivity index (χ2v) is 8.36. The van der Waals surface area contributed by atoms with Crippen LogP contribution in [0.2, 0.25) is 0 Å². The Balaban J connectivity index is 0.00000338. The van der Waals surface area contributed by atoms with Gasteiger partial charge in [0.25, 0.3) is 5.91 Å². The van der Waals surface area contributed by atoms with Gasteiger partial charge in [0.2, 0.25) is 10.0 Å². The van der Waals surface area contributed by atoms with Crippen molar-refractivity contribution in [3.05, 3.63) is 29.3 Å². The molecule has 1 aromatic carbocycles. The number of nitrogens with zero attached hydrogens (tertiary/aromatic N) is 2. The first kappa shape index (κ1) is 22.9. The minimum Gasteiger partial charge on any atom is -0.334 e. The lowest BCUT2D eigenvalue weighted by molar-refractivity contribution is 0.0736. The van der Waals surface area contributed by atoms with E-state index in [-0.39, 0.29) is 29.3 Å². The van der Waals surface area contributed by atoms with E-state index in [1.165, 1.54) is 4.31 Å². The van der Waals surface area contributed by atoms with E-state index in [1.54, 1.807) is 18.2 Å². The SMILES string of the molecule is CCN(CC)S(=O)(=O)c1ccc(C)c(C(=O)N2CCCC2CNC)c1.Cl. The molecule has 1 fully saturated rings. The molecule has 0 spiro atoms. The summed E-state index contributed by atoms with van der Waals surface area (Å²) in [5.74, 6) is -0.0770.